The van der Waals surface area contributed by atoms with Gasteiger partial charge >= 0.3 is 0 Å². The van der Waals surface area contributed by atoms with Crippen LogP contribution in [0.1, 0.15) is 11.8 Å². The van der Waals surface area contributed by atoms with Crippen molar-refractivity contribution in [3.8, 4) is 11.3 Å². The highest BCUT2D eigenvalue weighted by Crippen LogP contribution is 2.48. The molecule has 0 saturated carbocycles. The molecule has 0 radical (unpaired) electrons. The average Bonchev–Trinajstić information content (AvgIpc) is 3.56. The lowest BCUT2D eigenvalue weighted by Crippen LogP contribution is -2.37. The van der Waals surface area contributed by atoms with E-state index in [2.05, 4.69) is 15.9 Å². The first-order valence-electron chi connectivity index (χ1n) is 11.1. The molecule has 180 valence electrons. The lowest BCUT2D eigenvalue weighted by Gasteiger charge is -2.27. The van der Waals surface area contributed by atoms with Crippen molar-refractivity contribution in [3.05, 3.63) is 105 Å². The summed E-state index contributed by atoms with van der Waals surface area (Å²) in [6.45, 7) is 0. The van der Waals surface area contributed by atoms with Gasteiger partial charge in [0.15, 0.2) is 6.10 Å². The molecule has 2 saturated heterocycles. The number of fused-ring (bicyclic) bond motifs is 1. The van der Waals surface area contributed by atoms with E-state index in [4.69, 9.17) is 32.5 Å². The number of benzene rings is 3. The summed E-state index contributed by atoms with van der Waals surface area (Å²) in [4.78, 5) is 34.5. The van der Waals surface area contributed by atoms with E-state index < -0.39 is 24.0 Å². The van der Waals surface area contributed by atoms with Crippen LogP contribution in [0, 0.1) is 5.92 Å². The summed E-state index contributed by atoms with van der Waals surface area (Å²) in [7, 11) is 0. The van der Waals surface area contributed by atoms with Crippen molar-refractivity contribution in [1.82, 2.24) is 0 Å². The number of para-hydroxylation sites is 1. The van der Waals surface area contributed by atoms with Crippen LogP contribution in [0.25, 0.3) is 11.3 Å². The molecule has 2 aliphatic heterocycles. The topological polar surface area (TPSA) is 63.0 Å². The molecule has 0 bridgehead atoms. The Bertz CT molecular complexity index is 1470. The minimum atomic E-state index is -0.987. The largest absolute Gasteiger partial charge is 0.459 e. The first-order chi connectivity index (χ1) is 17.4. The van der Waals surface area contributed by atoms with Gasteiger partial charge in [0.25, 0.3) is 5.91 Å². The molecule has 0 N–H and O–H groups in total. The van der Waals surface area contributed by atoms with Gasteiger partial charge in [0.2, 0.25) is 5.91 Å². The Balaban J connectivity index is 1.42. The summed E-state index contributed by atoms with van der Waals surface area (Å²) < 4.78 is 7.08. The number of hydrogen-bond donors (Lipinski definition) is 0. The molecule has 2 amide bonds. The minimum absolute atomic E-state index is 0.349. The van der Waals surface area contributed by atoms with Crippen LogP contribution >= 0.6 is 39.1 Å². The second-order valence-electron chi connectivity index (χ2n) is 8.47. The Labute approximate surface area is 225 Å². The number of halogens is 3. The number of hydroxylamine groups is 1. The average molecular weight is 584 g/mol. The smallest absolute Gasteiger partial charge is 0.266 e. The number of carbonyl (C=O) groups excluding carboxylic acids is 2. The minimum Gasteiger partial charge on any atom is -0.459 e. The number of anilines is 2. The maximum Gasteiger partial charge on any atom is 0.266 e. The quantitative estimate of drug-likeness (QED) is 0.240. The number of imide groups is 1. The maximum absolute atomic E-state index is 13.7. The van der Waals surface area contributed by atoms with E-state index in [1.165, 1.54) is 4.90 Å². The number of nitrogens with zero attached hydrogens (tertiary/aromatic N) is 2. The van der Waals surface area contributed by atoms with Crippen molar-refractivity contribution < 1.29 is 18.8 Å². The molecule has 3 atom stereocenters. The normalized spacial score (nSPS) is 21.4. The van der Waals surface area contributed by atoms with Gasteiger partial charge in [-0.25, -0.2) is 9.96 Å². The summed E-state index contributed by atoms with van der Waals surface area (Å²) in [5, 5.41) is 2.55. The highest BCUT2D eigenvalue weighted by Gasteiger charge is 2.61. The van der Waals surface area contributed by atoms with E-state index in [0.29, 0.717) is 38.5 Å². The summed E-state index contributed by atoms with van der Waals surface area (Å²) in [5.74, 6) is -0.571. The van der Waals surface area contributed by atoms with Crippen molar-refractivity contribution in [3.63, 3.8) is 0 Å². The van der Waals surface area contributed by atoms with E-state index in [-0.39, 0.29) is 5.91 Å². The molecule has 6 nitrogen and oxygen atoms in total. The maximum atomic E-state index is 13.7. The van der Waals surface area contributed by atoms with Crippen LogP contribution in [-0.2, 0) is 14.4 Å². The molecule has 3 heterocycles. The standard InChI is InChI=1S/C27H17BrCl2N2O4/c28-15-6-9-17(10-7-15)31-26(33)23-24(32(36-25(23)27(31)34)18-4-2-1-3-5-18)22-13-12-21(35-22)19-11-8-16(29)14-20(19)30/h1-14,23-25H/t23-,24-,25+/m0/s1. The van der Waals surface area contributed by atoms with Crippen molar-refractivity contribution in [2.24, 2.45) is 5.92 Å². The molecule has 0 unspecified atom stereocenters. The summed E-state index contributed by atoms with van der Waals surface area (Å²) >= 11 is 15.8. The SMILES string of the molecule is O=C1[C@@H]2[C@@H](ON(c3ccccc3)[C@H]2c2ccc(-c3ccc(Cl)cc3Cl)o2)C(=O)N1c1ccc(Br)cc1. The Morgan fingerprint density at radius 3 is 2.28 bits per heavy atom. The van der Waals surface area contributed by atoms with Crippen LogP contribution in [-0.4, -0.2) is 17.9 Å². The fourth-order valence-electron chi connectivity index (χ4n) is 4.69. The van der Waals surface area contributed by atoms with Crippen LogP contribution in [0.2, 0.25) is 10.0 Å². The van der Waals surface area contributed by atoms with Gasteiger partial charge in [-0.2, -0.15) is 0 Å². The van der Waals surface area contributed by atoms with Crippen LogP contribution < -0.4 is 9.96 Å². The molecule has 4 aromatic rings. The molecule has 0 aliphatic carbocycles. The van der Waals surface area contributed by atoms with Crippen LogP contribution in [0.3, 0.4) is 0 Å². The Morgan fingerprint density at radius 1 is 0.806 bits per heavy atom. The number of hydrogen-bond acceptors (Lipinski definition) is 5. The van der Waals surface area contributed by atoms with Gasteiger partial charge in [0.05, 0.1) is 16.4 Å². The monoisotopic (exact) mass is 582 g/mol. The van der Waals surface area contributed by atoms with E-state index in [9.17, 15) is 9.59 Å². The van der Waals surface area contributed by atoms with Gasteiger partial charge in [-0.1, -0.05) is 57.3 Å². The van der Waals surface area contributed by atoms with Gasteiger partial charge in [0.1, 0.15) is 23.5 Å². The summed E-state index contributed by atoms with van der Waals surface area (Å²) in [6, 6.07) is 24.4. The predicted molar refractivity (Wildman–Crippen MR) is 141 cm³/mol. The molecule has 2 fully saturated rings. The summed E-state index contributed by atoms with van der Waals surface area (Å²) in [5.41, 5.74) is 1.86. The van der Waals surface area contributed by atoms with E-state index in [1.54, 1.807) is 59.7 Å². The molecule has 0 spiro atoms. The molecule has 36 heavy (non-hydrogen) atoms. The molecule has 3 aromatic carbocycles. The highest BCUT2D eigenvalue weighted by molar-refractivity contribution is 9.10. The van der Waals surface area contributed by atoms with E-state index in [0.717, 1.165) is 4.47 Å². The lowest BCUT2D eigenvalue weighted by atomic mass is 9.94. The molecule has 9 heteroatoms. The molecular weight excluding hydrogens is 567 g/mol. The molecule has 6 rings (SSSR count). The van der Waals surface area contributed by atoms with Crippen molar-refractivity contribution in [2.75, 3.05) is 9.96 Å². The zero-order valence-electron chi connectivity index (χ0n) is 18.5. The van der Waals surface area contributed by atoms with Crippen LogP contribution in [0.4, 0.5) is 11.4 Å². The van der Waals surface area contributed by atoms with Crippen LogP contribution in [0.15, 0.2) is 93.8 Å². The predicted octanol–water partition coefficient (Wildman–Crippen LogP) is 7.07. The molecular formula is C27H17BrCl2N2O4. The first-order valence-corrected chi connectivity index (χ1v) is 12.7. The van der Waals surface area contributed by atoms with Crippen molar-refractivity contribution in [1.29, 1.82) is 0 Å². The number of furan rings is 1. The second kappa shape index (κ2) is 9.09. The van der Waals surface area contributed by atoms with Crippen molar-refractivity contribution >= 4 is 62.3 Å². The van der Waals surface area contributed by atoms with Gasteiger partial charge in [-0.15, -0.1) is 0 Å². The third-order valence-electron chi connectivity index (χ3n) is 6.33. The van der Waals surface area contributed by atoms with E-state index in [1.807, 2.05) is 30.3 Å². The number of rotatable bonds is 4. The van der Waals surface area contributed by atoms with E-state index >= 15 is 0 Å². The van der Waals surface area contributed by atoms with Crippen molar-refractivity contribution in [2.45, 2.75) is 12.1 Å². The zero-order valence-corrected chi connectivity index (χ0v) is 21.6. The molecule has 1 aromatic heterocycles. The number of amides is 2. The Hall–Kier alpha value is -3.10. The van der Waals surface area contributed by atoms with Gasteiger partial charge in [0, 0.05) is 15.1 Å². The Morgan fingerprint density at radius 2 is 1.56 bits per heavy atom. The highest BCUT2D eigenvalue weighted by atomic mass is 79.9. The Kier molecular flexibility index (Phi) is 5.88. The van der Waals surface area contributed by atoms with Crippen LogP contribution in [0.5, 0.6) is 0 Å². The van der Waals surface area contributed by atoms with Gasteiger partial charge in [-0.05, 0) is 66.7 Å². The first kappa shape index (κ1) is 23.3. The molecule has 2 aliphatic rings. The van der Waals surface area contributed by atoms with Gasteiger partial charge < -0.3 is 4.42 Å². The third kappa shape index (κ3) is 3.83. The fraction of sp³-hybridized carbons (Fsp3) is 0.111. The van der Waals surface area contributed by atoms with Gasteiger partial charge in [-0.3, -0.25) is 14.4 Å². The zero-order chi connectivity index (χ0) is 25.0. The fourth-order valence-corrected chi connectivity index (χ4v) is 5.46. The third-order valence-corrected chi connectivity index (χ3v) is 7.40. The summed E-state index contributed by atoms with van der Waals surface area (Å²) in [6.07, 6.45) is -0.987. The second-order valence-corrected chi connectivity index (χ2v) is 10.2. The lowest BCUT2D eigenvalue weighted by molar-refractivity contribution is -0.126. The number of carbonyl (C=O) groups is 2.